The second kappa shape index (κ2) is 6.28. The van der Waals surface area contributed by atoms with E-state index in [1.807, 2.05) is 12.1 Å². The van der Waals surface area contributed by atoms with Crippen LogP contribution in [0.4, 0.5) is 0 Å². The van der Waals surface area contributed by atoms with Crippen molar-refractivity contribution < 1.29 is 4.79 Å². The summed E-state index contributed by atoms with van der Waals surface area (Å²) in [5.74, 6) is 1.57. The molecule has 0 radical (unpaired) electrons. The molecule has 1 amide bonds. The van der Waals surface area contributed by atoms with E-state index in [1.54, 1.807) is 11.8 Å². The molecule has 0 aliphatic carbocycles. The highest BCUT2D eigenvalue weighted by Crippen LogP contribution is 2.09. The fourth-order valence-electron chi connectivity index (χ4n) is 1.33. The maximum absolute atomic E-state index is 11.8. The van der Waals surface area contributed by atoms with Crippen molar-refractivity contribution in [3.8, 4) is 12.1 Å². The highest BCUT2D eigenvalue weighted by molar-refractivity contribution is 7.99. The topological polar surface area (TPSA) is 79.9 Å². The summed E-state index contributed by atoms with van der Waals surface area (Å²) < 4.78 is 0. The molecule has 1 fully saturated rings. The van der Waals surface area contributed by atoms with E-state index in [0.29, 0.717) is 5.75 Å². The van der Waals surface area contributed by atoms with Crippen LogP contribution in [0.1, 0.15) is 0 Å². The van der Waals surface area contributed by atoms with Crippen molar-refractivity contribution in [3.05, 3.63) is 0 Å². The molecule has 1 aliphatic rings. The van der Waals surface area contributed by atoms with Gasteiger partial charge < -0.3 is 10.2 Å². The van der Waals surface area contributed by atoms with Gasteiger partial charge in [0, 0.05) is 18.1 Å². The smallest absolute Gasteiger partial charge is 0.242 e. The van der Waals surface area contributed by atoms with Gasteiger partial charge in [-0.15, -0.1) is 0 Å². The van der Waals surface area contributed by atoms with E-state index in [2.05, 4.69) is 5.32 Å². The Kier molecular flexibility index (Phi) is 4.96. The predicted molar refractivity (Wildman–Crippen MR) is 56.9 cm³/mol. The summed E-state index contributed by atoms with van der Waals surface area (Å²) in [5, 5.41) is 20.1. The van der Waals surface area contributed by atoms with Gasteiger partial charge in [-0.1, -0.05) is 0 Å². The maximum atomic E-state index is 11.8. The molecule has 6 heteroatoms. The average molecular weight is 224 g/mol. The summed E-state index contributed by atoms with van der Waals surface area (Å²) in [6.45, 7) is 0.762. The first kappa shape index (κ1) is 11.8. The molecule has 1 rings (SSSR count). The largest absolute Gasteiger partial charge is 0.315 e. The highest BCUT2D eigenvalue weighted by Gasteiger charge is 2.25. The van der Waals surface area contributed by atoms with E-state index in [9.17, 15) is 4.79 Å². The van der Waals surface area contributed by atoms with E-state index in [4.69, 9.17) is 10.5 Å². The molecule has 0 aromatic heterocycles. The first-order valence-corrected chi connectivity index (χ1v) is 5.79. The van der Waals surface area contributed by atoms with E-state index in [0.717, 1.165) is 12.3 Å². The Morgan fingerprint density at radius 3 is 2.60 bits per heavy atom. The molecule has 1 unspecified atom stereocenters. The van der Waals surface area contributed by atoms with Crippen molar-refractivity contribution >= 4 is 17.7 Å². The van der Waals surface area contributed by atoms with Gasteiger partial charge in [0.15, 0.2) is 0 Å². The average Bonchev–Trinajstić information content (AvgIpc) is 2.29. The van der Waals surface area contributed by atoms with Gasteiger partial charge in [0.1, 0.15) is 13.1 Å². The van der Waals surface area contributed by atoms with E-state index in [-0.39, 0.29) is 25.0 Å². The lowest BCUT2D eigenvalue weighted by molar-refractivity contribution is -0.131. The molecular weight excluding hydrogens is 212 g/mol. The number of hydrogen-bond acceptors (Lipinski definition) is 5. The van der Waals surface area contributed by atoms with E-state index < -0.39 is 0 Å². The summed E-state index contributed by atoms with van der Waals surface area (Å²) in [4.78, 5) is 13.1. The summed E-state index contributed by atoms with van der Waals surface area (Å²) >= 11 is 1.71. The normalized spacial score (nSPS) is 20.0. The second-order valence-electron chi connectivity index (χ2n) is 3.09. The molecule has 1 saturated heterocycles. The van der Waals surface area contributed by atoms with Crippen LogP contribution in [-0.2, 0) is 4.79 Å². The number of amides is 1. The third-order valence-electron chi connectivity index (χ3n) is 2.05. The van der Waals surface area contributed by atoms with Crippen molar-refractivity contribution in [1.29, 1.82) is 10.5 Å². The first-order valence-electron chi connectivity index (χ1n) is 4.63. The van der Waals surface area contributed by atoms with Crippen LogP contribution in [0, 0.1) is 22.7 Å². The van der Waals surface area contributed by atoms with Crippen molar-refractivity contribution in [3.63, 3.8) is 0 Å². The summed E-state index contributed by atoms with van der Waals surface area (Å²) in [7, 11) is 0. The van der Waals surface area contributed by atoms with Crippen molar-refractivity contribution in [2.24, 2.45) is 0 Å². The van der Waals surface area contributed by atoms with E-state index in [1.165, 1.54) is 4.90 Å². The molecule has 80 valence electrons. The zero-order valence-corrected chi connectivity index (χ0v) is 9.09. The van der Waals surface area contributed by atoms with Crippen molar-refractivity contribution in [2.75, 3.05) is 31.1 Å². The number of nitrogens with zero attached hydrogens (tertiary/aromatic N) is 3. The molecule has 0 aromatic carbocycles. The van der Waals surface area contributed by atoms with Crippen molar-refractivity contribution in [1.82, 2.24) is 10.2 Å². The fraction of sp³-hybridized carbons (Fsp3) is 0.667. The van der Waals surface area contributed by atoms with Gasteiger partial charge in [0.05, 0.1) is 18.2 Å². The van der Waals surface area contributed by atoms with Crippen LogP contribution in [0.25, 0.3) is 0 Å². The Bertz CT molecular complexity index is 284. The maximum Gasteiger partial charge on any atom is 0.242 e. The molecule has 15 heavy (non-hydrogen) atoms. The summed E-state index contributed by atoms with van der Waals surface area (Å²) in [6.07, 6.45) is 0. The minimum absolute atomic E-state index is 0.0186. The fourth-order valence-corrected chi connectivity index (χ4v) is 2.25. The lowest BCUT2D eigenvalue weighted by Crippen LogP contribution is -2.50. The van der Waals surface area contributed by atoms with Gasteiger partial charge >= 0.3 is 0 Å². The van der Waals surface area contributed by atoms with Crippen LogP contribution < -0.4 is 5.32 Å². The number of nitrogens with one attached hydrogen (secondary N) is 1. The van der Waals surface area contributed by atoms with Crippen LogP contribution in [0.5, 0.6) is 0 Å². The number of thioether (sulfide) groups is 1. The van der Waals surface area contributed by atoms with Gasteiger partial charge in [-0.25, -0.2) is 0 Å². The third-order valence-corrected chi connectivity index (χ3v) is 3.12. The molecule has 0 spiro atoms. The Hall–Kier alpha value is -1.24. The Morgan fingerprint density at radius 1 is 1.47 bits per heavy atom. The SMILES string of the molecule is N#CCN(CC#N)C(=O)C1CSCCN1. The van der Waals surface area contributed by atoms with Crippen LogP contribution in [0.2, 0.25) is 0 Å². The predicted octanol–water partition coefficient (Wildman–Crippen LogP) is -0.433. The monoisotopic (exact) mass is 224 g/mol. The standard InChI is InChI=1S/C9H12N4OS/c10-1-4-13(5-2-11)9(14)8-7-15-6-3-12-8/h8,12H,3-7H2. The Balaban J connectivity index is 2.54. The molecule has 0 bridgehead atoms. The molecular formula is C9H12N4OS. The van der Waals surface area contributed by atoms with Gasteiger partial charge in [0.2, 0.25) is 5.91 Å². The van der Waals surface area contributed by atoms with Gasteiger partial charge in [0.25, 0.3) is 0 Å². The first-order chi connectivity index (χ1) is 7.29. The van der Waals surface area contributed by atoms with Gasteiger partial charge in [-0.05, 0) is 0 Å². The van der Waals surface area contributed by atoms with Crippen LogP contribution >= 0.6 is 11.8 Å². The minimum Gasteiger partial charge on any atom is -0.315 e. The highest BCUT2D eigenvalue weighted by atomic mass is 32.2. The number of carbonyl (C=O) groups excluding carboxylic acids is 1. The summed E-state index contributed by atoms with van der Waals surface area (Å²) in [6, 6.07) is 3.54. The molecule has 5 nitrogen and oxygen atoms in total. The molecule has 1 aliphatic heterocycles. The van der Waals surface area contributed by atoms with E-state index >= 15 is 0 Å². The zero-order valence-electron chi connectivity index (χ0n) is 8.27. The molecule has 1 N–H and O–H groups in total. The van der Waals surface area contributed by atoms with Gasteiger partial charge in [-0.3, -0.25) is 4.79 Å². The van der Waals surface area contributed by atoms with Crippen LogP contribution in [0.3, 0.4) is 0 Å². The lowest BCUT2D eigenvalue weighted by Gasteiger charge is -2.26. The van der Waals surface area contributed by atoms with Crippen molar-refractivity contribution in [2.45, 2.75) is 6.04 Å². The lowest BCUT2D eigenvalue weighted by atomic mass is 10.2. The Morgan fingerprint density at radius 2 is 2.13 bits per heavy atom. The molecule has 1 heterocycles. The third kappa shape index (κ3) is 3.43. The molecule has 0 saturated carbocycles. The second-order valence-corrected chi connectivity index (χ2v) is 4.24. The van der Waals surface area contributed by atoms with Crippen LogP contribution in [-0.4, -0.2) is 48.0 Å². The van der Waals surface area contributed by atoms with Gasteiger partial charge in [-0.2, -0.15) is 22.3 Å². The minimum atomic E-state index is -0.245. The number of carbonyl (C=O) groups is 1. The zero-order chi connectivity index (χ0) is 11.1. The molecule has 1 atom stereocenters. The Labute approximate surface area is 93.0 Å². The number of hydrogen-bond donors (Lipinski definition) is 1. The number of nitriles is 2. The number of rotatable bonds is 3. The summed E-state index contributed by atoms with van der Waals surface area (Å²) in [5.41, 5.74) is 0. The van der Waals surface area contributed by atoms with Crippen LogP contribution in [0.15, 0.2) is 0 Å². The quantitative estimate of drug-likeness (QED) is 0.658. The molecule has 0 aromatic rings.